The number of nitrogens with zero attached hydrogens (tertiary/aromatic N) is 1. The summed E-state index contributed by atoms with van der Waals surface area (Å²) >= 11 is 0. The SMILES string of the molecule is COc1ccc(-c2nc3c(-c4cc(OC)c(OC)c(OC)c4)cccc3o2)cc1OC. The highest BCUT2D eigenvalue weighted by Crippen LogP contribution is 2.43. The van der Waals surface area contributed by atoms with Gasteiger partial charge in [-0.25, -0.2) is 4.98 Å². The highest BCUT2D eigenvalue weighted by atomic mass is 16.5. The highest BCUT2D eigenvalue weighted by molar-refractivity contribution is 5.93. The van der Waals surface area contributed by atoms with Crippen LogP contribution in [0.3, 0.4) is 0 Å². The number of benzene rings is 3. The Morgan fingerprint density at radius 2 is 1.29 bits per heavy atom. The summed E-state index contributed by atoms with van der Waals surface area (Å²) in [6.07, 6.45) is 0. The average Bonchev–Trinajstić information content (AvgIpc) is 3.27. The summed E-state index contributed by atoms with van der Waals surface area (Å²) in [4.78, 5) is 4.77. The van der Waals surface area contributed by atoms with Gasteiger partial charge in [0, 0.05) is 11.1 Å². The van der Waals surface area contributed by atoms with E-state index in [0.717, 1.165) is 22.2 Å². The standard InChI is InChI=1S/C24H23NO6/c1-26-17-10-9-14(11-19(17)27-2)24-25-22-16(7-6-8-18(22)31-24)15-12-20(28-3)23(30-5)21(13-15)29-4/h6-13H,1-5H3. The van der Waals surface area contributed by atoms with Crippen LogP contribution in [0.1, 0.15) is 0 Å². The molecular formula is C24H23NO6. The third-order valence-corrected chi connectivity index (χ3v) is 5.03. The molecule has 1 aromatic heterocycles. The molecule has 0 N–H and O–H groups in total. The van der Waals surface area contributed by atoms with Gasteiger partial charge in [0.05, 0.1) is 35.5 Å². The number of ether oxygens (including phenoxy) is 5. The van der Waals surface area contributed by atoms with Crippen molar-refractivity contribution in [2.24, 2.45) is 0 Å². The number of hydrogen-bond acceptors (Lipinski definition) is 7. The highest BCUT2D eigenvalue weighted by Gasteiger charge is 2.18. The van der Waals surface area contributed by atoms with Crippen molar-refractivity contribution >= 4 is 11.1 Å². The van der Waals surface area contributed by atoms with E-state index in [4.69, 9.17) is 33.1 Å². The quantitative estimate of drug-likeness (QED) is 0.406. The second-order valence-electron chi connectivity index (χ2n) is 6.66. The van der Waals surface area contributed by atoms with Crippen molar-refractivity contribution in [3.8, 4) is 51.3 Å². The molecule has 7 heteroatoms. The number of oxazole rings is 1. The third kappa shape index (κ3) is 3.59. The smallest absolute Gasteiger partial charge is 0.227 e. The summed E-state index contributed by atoms with van der Waals surface area (Å²) in [5.41, 5.74) is 3.92. The van der Waals surface area contributed by atoms with Crippen LogP contribution >= 0.6 is 0 Å². The Kier molecular flexibility index (Phi) is 5.58. The van der Waals surface area contributed by atoms with Crippen molar-refractivity contribution in [1.82, 2.24) is 4.98 Å². The molecular weight excluding hydrogens is 398 g/mol. The molecule has 0 bridgehead atoms. The van der Waals surface area contributed by atoms with Gasteiger partial charge in [0.25, 0.3) is 0 Å². The molecule has 160 valence electrons. The van der Waals surface area contributed by atoms with Crippen LogP contribution in [0.25, 0.3) is 33.7 Å². The van der Waals surface area contributed by atoms with E-state index >= 15 is 0 Å². The van der Waals surface area contributed by atoms with E-state index in [1.54, 1.807) is 35.5 Å². The molecule has 7 nitrogen and oxygen atoms in total. The van der Waals surface area contributed by atoms with Crippen LogP contribution in [0.4, 0.5) is 0 Å². The van der Waals surface area contributed by atoms with E-state index < -0.39 is 0 Å². The van der Waals surface area contributed by atoms with Crippen molar-refractivity contribution in [3.63, 3.8) is 0 Å². The first kappa shape index (κ1) is 20.4. The fourth-order valence-corrected chi connectivity index (χ4v) is 3.51. The predicted octanol–water partition coefficient (Wildman–Crippen LogP) is 5.20. The molecule has 0 fully saturated rings. The molecule has 4 aromatic rings. The zero-order chi connectivity index (χ0) is 22.0. The summed E-state index contributed by atoms with van der Waals surface area (Å²) in [6.45, 7) is 0. The summed E-state index contributed by atoms with van der Waals surface area (Å²) < 4.78 is 33.2. The van der Waals surface area contributed by atoms with Crippen LogP contribution < -0.4 is 23.7 Å². The van der Waals surface area contributed by atoms with Gasteiger partial charge in [-0.15, -0.1) is 0 Å². The van der Waals surface area contributed by atoms with Gasteiger partial charge in [0.15, 0.2) is 28.6 Å². The molecule has 0 spiro atoms. The maximum Gasteiger partial charge on any atom is 0.227 e. The number of para-hydroxylation sites is 1. The van der Waals surface area contributed by atoms with Gasteiger partial charge >= 0.3 is 0 Å². The van der Waals surface area contributed by atoms with Crippen molar-refractivity contribution in [1.29, 1.82) is 0 Å². The van der Waals surface area contributed by atoms with Gasteiger partial charge in [0.2, 0.25) is 11.6 Å². The van der Waals surface area contributed by atoms with Crippen molar-refractivity contribution in [2.45, 2.75) is 0 Å². The first-order chi connectivity index (χ1) is 15.1. The van der Waals surface area contributed by atoms with Crippen LogP contribution in [0.15, 0.2) is 52.9 Å². The molecule has 0 unspecified atom stereocenters. The first-order valence-electron chi connectivity index (χ1n) is 9.55. The zero-order valence-corrected chi connectivity index (χ0v) is 18.0. The van der Waals surface area contributed by atoms with Crippen molar-refractivity contribution < 1.29 is 28.1 Å². The van der Waals surface area contributed by atoms with Gasteiger partial charge in [0.1, 0.15) is 5.52 Å². The van der Waals surface area contributed by atoms with Gasteiger partial charge in [-0.2, -0.15) is 0 Å². The monoisotopic (exact) mass is 421 g/mol. The molecule has 0 amide bonds. The fourth-order valence-electron chi connectivity index (χ4n) is 3.51. The van der Waals surface area contributed by atoms with E-state index in [2.05, 4.69) is 0 Å². The molecule has 0 aliphatic heterocycles. The molecule has 0 aliphatic carbocycles. The maximum atomic E-state index is 6.05. The van der Waals surface area contributed by atoms with Crippen molar-refractivity contribution in [2.75, 3.05) is 35.5 Å². The number of aromatic nitrogens is 1. The number of fused-ring (bicyclic) bond motifs is 1. The van der Waals surface area contributed by atoms with Crippen molar-refractivity contribution in [3.05, 3.63) is 48.5 Å². The Labute approximate surface area is 180 Å². The summed E-state index contributed by atoms with van der Waals surface area (Å²) in [6, 6.07) is 15.1. The van der Waals surface area contributed by atoms with E-state index in [1.807, 2.05) is 48.5 Å². The Bertz CT molecular complexity index is 1210. The summed E-state index contributed by atoms with van der Waals surface area (Å²) in [7, 11) is 7.95. The molecule has 0 saturated heterocycles. The molecule has 1 heterocycles. The molecule has 31 heavy (non-hydrogen) atoms. The van der Waals surface area contributed by atoms with Crippen LogP contribution in [0, 0.1) is 0 Å². The second kappa shape index (κ2) is 8.47. The van der Waals surface area contributed by atoms with Gasteiger partial charge in [-0.1, -0.05) is 12.1 Å². The van der Waals surface area contributed by atoms with E-state index in [0.29, 0.717) is 40.2 Å². The number of hydrogen-bond donors (Lipinski definition) is 0. The normalized spacial score (nSPS) is 10.7. The minimum absolute atomic E-state index is 0.482. The minimum atomic E-state index is 0.482. The van der Waals surface area contributed by atoms with Gasteiger partial charge < -0.3 is 28.1 Å². The average molecular weight is 421 g/mol. The Morgan fingerprint density at radius 3 is 1.90 bits per heavy atom. The van der Waals surface area contributed by atoms with Crippen LogP contribution in [-0.2, 0) is 0 Å². The Hall–Kier alpha value is -3.87. The number of rotatable bonds is 7. The summed E-state index contributed by atoms with van der Waals surface area (Å²) in [5.74, 6) is 3.39. The molecule has 3 aromatic carbocycles. The predicted molar refractivity (Wildman–Crippen MR) is 118 cm³/mol. The lowest BCUT2D eigenvalue weighted by atomic mass is 10.0. The lowest BCUT2D eigenvalue weighted by Gasteiger charge is -2.14. The largest absolute Gasteiger partial charge is 0.493 e. The topological polar surface area (TPSA) is 72.2 Å². The molecule has 0 aliphatic rings. The Morgan fingerprint density at radius 1 is 0.645 bits per heavy atom. The fraction of sp³-hybridized carbons (Fsp3) is 0.208. The zero-order valence-electron chi connectivity index (χ0n) is 18.0. The molecule has 0 radical (unpaired) electrons. The molecule has 0 saturated carbocycles. The van der Waals surface area contributed by atoms with Crippen LogP contribution in [0.5, 0.6) is 28.7 Å². The maximum absolute atomic E-state index is 6.05. The second-order valence-corrected chi connectivity index (χ2v) is 6.66. The lowest BCUT2D eigenvalue weighted by molar-refractivity contribution is 0.324. The summed E-state index contributed by atoms with van der Waals surface area (Å²) in [5, 5.41) is 0. The Balaban J connectivity index is 1.86. The van der Waals surface area contributed by atoms with E-state index in [-0.39, 0.29) is 0 Å². The minimum Gasteiger partial charge on any atom is -0.493 e. The third-order valence-electron chi connectivity index (χ3n) is 5.03. The molecule has 0 atom stereocenters. The van der Waals surface area contributed by atoms with Gasteiger partial charge in [-0.3, -0.25) is 0 Å². The molecule has 4 rings (SSSR count). The number of methoxy groups -OCH3 is 5. The van der Waals surface area contributed by atoms with Gasteiger partial charge in [-0.05, 0) is 42.0 Å². The van der Waals surface area contributed by atoms with E-state index in [9.17, 15) is 0 Å². The van der Waals surface area contributed by atoms with E-state index in [1.165, 1.54) is 0 Å². The van der Waals surface area contributed by atoms with Crippen LogP contribution in [-0.4, -0.2) is 40.5 Å². The van der Waals surface area contributed by atoms with Crippen LogP contribution in [0.2, 0.25) is 0 Å². The first-order valence-corrected chi connectivity index (χ1v) is 9.55. The lowest BCUT2D eigenvalue weighted by Crippen LogP contribution is -1.96.